The molecule has 4 aromatic carbocycles. The number of nitrogens with zero attached hydrogens (tertiary/aromatic N) is 1. The Morgan fingerprint density at radius 3 is 2.41 bits per heavy atom. The van der Waals surface area contributed by atoms with E-state index in [1.165, 1.54) is 36.0 Å². The molecule has 9 heteroatoms. The van der Waals surface area contributed by atoms with E-state index >= 15 is 0 Å². The van der Waals surface area contributed by atoms with Gasteiger partial charge < -0.3 is 10.6 Å². The number of halogens is 1. The van der Waals surface area contributed by atoms with Crippen molar-refractivity contribution in [2.75, 3.05) is 10.6 Å². The van der Waals surface area contributed by atoms with Crippen LogP contribution in [0.15, 0.2) is 102 Å². The average Bonchev–Trinajstić information content (AvgIpc) is 2.90. The summed E-state index contributed by atoms with van der Waals surface area (Å²) < 4.78 is 0. The molecule has 1 unspecified atom stereocenters. The molecule has 2 amide bonds. The Morgan fingerprint density at radius 1 is 0.892 bits per heavy atom. The zero-order chi connectivity index (χ0) is 26.4. The highest BCUT2D eigenvalue weighted by molar-refractivity contribution is 8.00. The van der Waals surface area contributed by atoms with Crippen molar-refractivity contribution < 1.29 is 14.5 Å². The molecule has 0 bridgehead atoms. The topological polar surface area (TPSA) is 101 Å². The van der Waals surface area contributed by atoms with Gasteiger partial charge in [0.2, 0.25) is 5.91 Å². The predicted octanol–water partition coefficient (Wildman–Crippen LogP) is 7.28. The second-order valence-electron chi connectivity index (χ2n) is 8.15. The van der Waals surface area contributed by atoms with Crippen molar-refractivity contribution >= 4 is 52.2 Å². The number of carbonyl (C=O) groups is 2. The van der Waals surface area contributed by atoms with E-state index in [2.05, 4.69) is 10.6 Å². The molecule has 0 aliphatic carbocycles. The summed E-state index contributed by atoms with van der Waals surface area (Å²) in [6, 6.07) is 27.3. The highest BCUT2D eigenvalue weighted by atomic mass is 35.5. The van der Waals surface area contributed by atoms with Gasteiger partial charge in [0, 0.05) is 39.0 Å². The van der Waals surface area contributed by atoms with Crippen LogP contribution in [-0.2, 0) is 4.79 Å². The van der Waals surface area contributed by atoms with E-state index in [9.17, 15) is 19.7 Å². The van der Waals surface area contributed by atoms with Gasteiger partial charge in [-0.3, -0.25) is 19.7 Å². The molecule has 2 N–H and O–H groups in total. The lowest BCUT2D eigenvalue weighted by molar-refractivity contribution is -0.384. The minimum absolute atomic E-state index is 0.163. The Morgan fingerprint density at radius 2 is 1.65 bits per heavy atom. The van der Waals surface area contributed by atoms with E-state index in [4.69, 9.17) is 11.6 Å². The number of anilines is 2. The van der Waals surface area contributed by atoms with Crippen molar-refractivity contribution in [2.45, 2.75) is 17.1 Å². The van der Waals surface area contributed by atoms with Gasteiger partial charge in [0.25, 0.3) is 11.6 Å². The monoisotopic (exact) mass is 531 g/mol. The van der Waals surface area contributed by atoms with Crippen LogP contribution in [0, 0.1) is 17.0 Å². The summed E-state index contributed by atoms with van der Waals surface area (Å²) >= 11 is 7.47. The molecular formula is C28H22ClN3O4S. The first kappa shape index (κ1) is 25.9. The van der Waals surface area contributed by atoms with Crippen LogP contribution in [0.5, 0.6) is 0 Å². The molecule has 0 saturated carbocycles. The third kappa shape index (κ3) is 6.75. The van der Waals surface area contributed by atoms with Gasteiger partial charge in [0.15, 0.2) is 0 Å². The number of hydrogen-bond acceptors (Lipinski definition) is 5. The van der Waals surface area contributed by atoms with Crippen LogP contribution in [0.1, 0.15) is 26.7 Å². The van der Waals surface area contributed by atoms with Crippen molar-refractivity contribution in [3.05, 3.63) is 129 Å². The maximum atomic E-state index is 13.4. The van der Waals surface area contributed by atoms with Gasteiger partial charge in [-0.05, 0) is 54.4 Å². The standard InChI is InChI=1S/C28H22ClN3O4S/c1-18-13-14-21(29)16-25(18)31-28(34)26(19-7-3-2-4-8-19)37-24-12-6-10-22(17-24)30-27(33)20-9-5-11-23(15-20)32(35)36/h2-17,26H,1H3,(H,30,33)(H,31,34). The molecule has 37 heavy (non-hydrogen) atoms. The van der Waals surface area contributed by atoms with Crippen molar-refractivity contribution in [3.63, 3.8) is 0 Å². The van der Waals surface area contributed by atoms with Crippen molar-refractivity contribution in [2.24, 2.45) is 0 Å². The molecule has 0 aliphatic rings. The van der Waals surface area contributed by atoms with E-state index in [-0.39, 0.29) is 17.2 Å². The third-order valence-corrected chi connectivity index (χ3v) is 6.95. The summed E-state index contributed by atoms with van der Waals surface area (Å²) in [7, 11) is 0. The first-order valence-electron chi connectivity index (χ1n) is 11.2. The minimum Gasteiger partial charge on any atom is -0.325 e. The number of non-ortho nitro benzene ring substituents is 1. The third-order valence-electron chi connectivity index (χ3n) is 5.46. The summed E-state index contributed by atoms with van der Waals surface area (Å²) in [4.78, 5) is 37.4. The van der Waals surface area contributed by atoms with Crippen LogP contribution in [0.25, 0.3) is 0 Å². The van der Waals surface area contributed by atoms with E-state index in [1.54, 1.807) is 30.3 Å². The Kier molecular flexibility index (Phi) is 8.22. The molecule has 7 nitrogen and oxygen atoms in total. The number of benzene rings is 4. The number of nitro groups is 1. The van der Waals surface area contributed by atoms with Gasteiger partial charge in [0.1, 0.15) is 5.25 Å². The van der Waals surface area contributed by atoms with E-state index in [0.717, 1.165) is 16.0 Å². The average molecular weight is 532 g/mol. The normalized spacial score (nSPS) is 11.4. The van der Waals surface area contributed by atoms with Gasteiger partial charge in [0.05, 0.1) is 4.92 Å². The lowest BCUT2D eigenvalue weighted by Gasteiger charge is -2.18. The van der Waals surface area contributed by atoms with Crippen LogP contribution in [-0.4, -0.2) is 16.7 Å². The second-order valence-corrected chi connectivity index (χ2v) is 9.76. The highest BCUT2D eigenvalue weighted by Gasteiger charge is 2.23. The molecule has 0 aromatic heterocycles. The summed E-state index contributed by atoms with van der Waals surface area (Å²) in [5.41, 5.74) is 2.85. The first-order chi connectivity index (χ1) is 17.8. The molecule has 1 atom stereocenters. The van der Waals surface area contributed by atoms with Crippen molar-refractivity contribution in [1.82, 2.24) is 0 Å². The number of nitrogens with one attached hydrogen (secondary N) is 2. The van der Waals surface area contributed by atoms with Crippen molar-refractivity contribution in [3.8, 4) is 0 Å². The maximum absolute atomic E-state index is 13.4. The molecule has 186 valence electrons. The van der Waals surface area contributed by atoms with E-state index in [0.29, 0.717) is 16.4 Å². The first-order valence-corrected chi connectivity index (χ1v) is 12.5. The number of hydrogen-bond donors (Lipinski definition) is 2. The zero-order valence-electron chi connectivity index (χ0n) is 19.7. The largest absolute Gasteiger partial charge is 0.325 e. The van der Waals surface area contributed by atoms with Gasteiger partial charge in [-0.2, -0.15) is 0 Å². The summed E-state index contributed by atoms with van der Waals surface area (Å²) in [6.45, 7) is 1.89. The van der Waals surface area contributed by atoms with Crippen molar-refractivity contribution in [1.29, 1.82) is 0 Å². The fraction of sp³-hybridized carbons (Fsp3) is 0.0714. The minimum atomic E-state index is -0.581. The Hall–Kier alpha value is -4.14. The summed E-state index contributed by atoms with van der Waals surface area (Å²) in [5.74, 6) is -0.688. The lowest BCUT2D eigenvalue weighted by Crippen LogP contribution is -2.19. The Bertz CT molecular complexity index is 1460. The molecule has 0 saturated heterocycles. The predicted molar refractivity (Wildman–Crippen MR) is 147 cm³/mol. The van der Waals surface area contributed by atoms with E-state index < -0.39 is 16.1 Å². The Balaban J connectivity index is 1.55. The zero-order valence-corrected chi connectivity index (χ0v) is 21.3. The maximum Gasteiger partial charge on any atom is 0.270 e. The van der Waals surface area contributed by atoms with Crippen LogP contribution < -0.4 is 10.6 Å². The number of carbonyl (C=O) groups excluding carboxylic acids is 2. The Labute approximate surface area is 223 Å². The molecule has 0 radical (unpaired) electrons. The quantitative estimate of drug-likeness (QED) is 0.141. The highest BCUT2D eigenvalue weighted by Crippen LogP contribution is 2.37. The number of amides is 2. The summed E-state index contributed by atoms with van der Waals surface area (Å²) in [5, 5.41) is 16.7. The van der Waals surface area contributed by atoms with Crippen LogP contribution >= 0.6 is 23.4 Å². The molecule has 0 spiro atoms. The van der Waals surface area contributed by atoms with Crippen LogP contribution in [0.3, 0.4) is 0 Å². The van der Waals surface area contributed by atoms with Crippen LogP contribution in [0.2, 0.25) is 5.02 Å². The van der Waals surface area contributed by atoms with Gasteiger partial charge in [-0.25, -0.2) is 0 Å². The van der Waals surface area contributed by atoms with Gasteiger partial charge in [-0.15, -0.1) is 11.8 Å². The fourth-order valence-corrected chi connectivity index (χ4v) is 4.83. The molecular weight excluding hydrogens is 510 g/mol. The van der Waals surface area contributed by atoms with E-state index in [1.807, 2.05) is 49.4 Å². The molecule has 0 heterocycles. The second kappa shape index (κ2) is 11.7. The molecule has 0 fully saturated rings. The van der Waals surface area contributed by atoms with Gasteiger partial charge in [-0.1, -0.05) is 60.1 Å². The SMILES string of the molecule is Cc1ccc(Cl)cc1NC(=O)C(Sc1cccc(NC(=O)c2cccc([N+](=O)[O-])c2)c1)c1ccccc1. The molecule has 4 rings (SSSR count). The number of rotatable bonds is 8. The number of nitro benzene ring substituents is 1. The van der Waals surface area contributed by atoms with Gasteiger partial charge >= 0.3 is 0 Å². The summed E-state index contributed by atoms with van der Waals surface area (Å²) in [6.07, 6.45) is 0. The fourth-order valence-electron chi connectivity index (χ4n) is 3.58. The number of thioether (sulfide) groups is 1. The van der Waals surface area contributed by atoms with Crippen LogP contribution in [0.4, 0.5) is 17.1 Å². The lowest BCUT2D eigenvalue weighted by atomic mass is 10.1. The smallest absolute Gasteiger partial charge is 0.270 e. The molecule has 4 aromatic rings. The molecule has 0 aliphatic heterocycles. The number of aryl methyl sites for hydroxylation is 1.